The van der Waals surface area contributed by atoms with E-state index in [9.17, 15) is 14.9 Å². The topological polar surface area (TPSA) is 119 Å². The molecule has 1 aromatic carbocycles. The molecule has 3 amide bonds. The summed E-state index contributed by atoms with van der Waals surface area (Å²) in [5, 5.41) is 23.0. The Labute approximate surface area is 193 Å². The Kier molecular flexibility index (Phi) is 5.08. The van der Waals surface area contributed by atoms with Crippen molar-refractivity contribution in [1.82, 2.24) is 19.7 Å². The predicted octanol–water partition coefficient (Wildman–Crippen LogP) is 3.05. The molecule has 9 nitrogen and oxygen atoms in total. The molecule has 2 aliphatic rings. The van der Waals surface area contributed by atoms with Crippen LogP contribution in [-0.2, 0) is 11.8 Å². The van der Waals surface area contributed by atoms with Crippen LogP contribution in [0.4, 0.5) is 10.5 Å². The van der Waals surface area contributed by atoms with Gasteiger partial charge in [0.15, 0.2) is 0 Å². The number of rotatable bonds is 4. The van der Waals surface area contributed by atoms with Crippen molar-refractivity contribution in [2.75, 3.05) is 11.4 Å². The van der Waals surface area contributed by atoms with Crippen molar-refractivity contribution < 1.29 is 9.59 Å². The lowest BCUT2D eigenvalue weighted by Gasteiger charge is -2.40. The molecule has 1 fully saturated rings. The number of urea groups is 1. The highest BCUT2D eigenvalue weighted by Gasteiger charge is 2.50. The molecule has 2 unspecified atom stereocenters. The molecule has 3 aromatic rings. The van der Waals surface area contributed by atoms with Gasteiger partial charge in [0.1, 0.15) is 5.25 Å². The molecular weight excluding hydrogens is 438 g/mol. The lowest BCUT2D eigenvalue weighted by Crippen LogP contribution is -2.62. The molecule has 0 saturated carbocycles. The normalized spacial score (nSPS) is 19.9. The van der Waals surface area contributed by atoms with Crippen LogP contribution >= 0.6 is 11.8 Å². The number of imide groups is 1. The van der Waals surface area contributed by atoms with Crippen LogP contribution in [0.15, 0.2) is 48.9 Å². The van der Waals surface area contributed by atoms with E-state index in [-0.39, 0.29) is 18.9 Å². The summed E-state index contributed by atoms with van der Waals surface area (Å²) < 4.78 is 1.60. The van der Waals surface area contributed by atoms with Gasteiger partial charge in [-0.2, -0.15) is 15.6 Å². The van der Waals surface area contributed by atoms with Gasteiger partial charge in [0.05, 0.1) is 53.8 Å². The standard InChI is InChI=1S/C23H17N7O2S/c1-28-20-15(12-27-28)11-26-13-18(20)30-22(31)21-17(29(23(30)32)8-4-7-24)9-19(33-21)16-6-3-2-5-14(16)10-25/h2-3,5-6,9,11-13,17,21H,4,8H2,1H3. The summed E-state index contributed by atoms with van der Waals surface area (Å²) in [4.78, 5) is 35.0. The Morgan fingerprint density at radius 3 is 2.76 bits per heavy atom. The number of anilines is 1. The van der Waals surface area contributed by atoms with Gasteiger partial charge in [-0.25, -0.2) is 9.69 Å². The summed E-state index contributed by atoms with van der Waals surface area (Å²) in [6.07, 6.45) is 6.74. The van der Waals surface area contributed by atoms with Crippen LogP contribution < -0.4 is 4.90 Å². The summed E-state index contributed by atoms with van der Waals surface area (Å²) in [5.41, 5.74) is 2.20. The molecule has 0 bridgehead atoms. The second kappa shape index (κ2) is 8.08. The number of benzene rings is 1. The van der Waals surface area contributed by atoms with Crippen molar-refractivity contribution in [3.8, 4) is 12.1 Å². The molecule has 2 atom stereocenters. The highest BCUT2D eigenvalue weighted by molar-refractivity contribution is 8.09. The van der Waals surface area contributed by atoms with E-state index in [1.165, 1.54) is 18.0 Å². The van der Waals surface area contributed by atoms with E-state index in [1.54, 1.807) is 41.2 Å². The van der Waals surface area contributed by atoms with E-state index in [1.807, 2.05) is 18.2 Å². The fourth-order valence-corrected chi connectivity index (χ4v) is 5.64. The summed E-state index contributed by atoms with van der Waals surface area (Å²) >= 11 is 1.33. The van der Waals surface area contributed by atoms with Crippen LogP contribution in [-0.4, -0.2) is 49.4 Å². The molecule has 0 radical (unpaired) electrons. The zero-order chi connectivity index (χ0) is 23.1. The van der Waals surface area contributed by atoms with Gasteiger partial charge in [-0.1, -0.05) is 18.2 Å². The van der Waals surface area contributed by atoms with E-state index in [2.05, 4.69) is 22.2 Å². The largest absolute Gasteiger partial charge is 0.332 e. The van der Waals surface area contributed by atoms with Crippen LogP contribution in [0, 0.1) is 22.7 Å². The molecule has 4 heterocycles. The lowest BCUT2D eigenvalue weighted by atomic mass is 10.0. The second-order valence-electron chi connectivity index (χ2n) is 7.64. The van der Waals surface area contributed by atoms with Crippen LogP contribution in [0.5, 0.6) is 0 Å². The molecule has 1 saturated heterocycles. The molecule has 2 aromatic heterocycles. The van der Waals surface area contributed by atoms with Gasteiger partial charge in [-0.05, 0) is 12.1 Å². The zero-order valence-electron chi connectivity index (χ0n) is 17.5. The number of fused-ring (bicyclic) bond motifs is 2. The van der Waals surface area contributed by atoms with Gasteiger partial charge in [-0.15, -0.1) is 11.8 Å². The average molecular weight is 456 g/mol. The van der Waals surface area contributed by atoms with E-state index in [4.69, 9.17) is 5.26 Å². The molecule has 33 heavy (non-hydrogen) atoms. The van der Waals surface area contributed by atoms with E-state index >= 15 is 0 Å². The first-order valence-corrected chi connectivity index (χ1v) is 11.1. The van der Waals surface area contributed by atoms with Crippen molar-refractivity contribution in [3.63, 3.8) is 0 Å². The molecule has 162 valence electrons. The van der Waals surface area contributed by atoms with Crippen molar-refractivity contribution in [2.24, 2.45) is 7.05 Å². The number of nitrogens with zero attached hydrogens (tertiary/aromatic N) is 7. The zero-order valence-corrected chi connectivity index (χ0v) is 18.4. The van der Waals surface area contributed by atoms with Gasteiger partial charge in [0, 0.05) is 35.6 Å². The smallest absolute Gasteiger partial charge is 0.315 e. The summed E-state index contributed by atoms with van der Waals surface area (Å²) in [7, 11) is 1.74. The molecular formula is C23H17N7O2S. The Bertz CT molecular complexity index is 1410. The van der Waals surface area contributed by atoms with Crippen molar-refractivity contribution in [1.29, 1.82) is 10.5 Å². The number of amides is 3. The van der Waals surface area contributed by atoms with Crippen molar-refractivity contribution in [2.45, 2.75) is 17.7 Å². The Morgan fingerprint density at radius 1 is 1.15 bits per heavy atom. The number of carbonyl (C=O) groups is 2. The first-order chi connectivity index (χ1) is 16.0. The highest BCUT2D eigenvalue weighted by atomic mass is 32.2. The van der Waals surface area contributed by atoms with Crippen LogP contribution in [0.3, 0.4) is 0 Å². The van der Waals surface area contributed by atoms with Gasteiger partial charge >= 0.3 is 6.03 Å². The lowest BCUT2D eigenvalue weighted by molar-refractivity contribution is -0.119. The number of carbonyl (C=O) groups excluding carboxylic acids is 2. The minimum Gasteiger partial charge on any atom is -0.315 e. The van der Waals surface area contributed by atoms with Gasteiger partial charge < -0.3 is 4.90 Å². The Balaban J connectivity index is 1.60. The Hall–Kier alpha value is -4.15. The second-order valence-corrected chi connectivity index (χ2v) is 8.82. The van der Waals surface area contributed by atoms with E-state index < -0.39 is 17.3 Å². The summed E-state index contributed by atoms with van der Waals surface area (Å²) in [5.74, 6) is -0.362. The van der Waals surface area contributed by atoms with E-state index in [0.29, 0.717) is 22.2 Å². The maximum absolute atomic E-state index is 13.7. The quantitative estimate of drug-likeness (QED) is 0.593. The predicted molar refractivity (Wildman–Crippen MR) is 123 cm³/mol. The number of thioether (sulfide) groups is 1. The maximum Gasteiger partial charge on any atom is 0.332 e. The van der Waals surface area contributed by atoms with Gasteiger partial charge in [-0.3, -0.25) is 14.5 Å². The van der Waals surface area contributed by atoms with Gasteiger partial charge in [0.25, 0.3) is 5.91 Å². The van der Waals surface area contributed by atoms with E-state index in [0.717, 1.165) is 15.4 Å². The molecule has 0 spiro atoms. The van der Waals surface area contributed by atoms with Crippen LogP contribution in [0.2, 0.25) is 0 Å². The summed E-state index contributed by atoms with van der Waals surface area (Å²) in [6, 6.07) is 10.4. The number of hydrogen-bond donors (Lipinski definition) is 0. The third kappa shape index (κ3) is 3.23. The monoisotopic (exact) mass is 455 g/mol. The average Bonchev–Trinajstić information content (AvgIpc) is 3.44. The molecule has 5 rings (SSSR count). The molecule has 0 aliphatic carbocycles. The third-order valence-electron chi connectivity index (χ3n) is 5.79. The number of aromatic nitrogens is 3. The number of pyridine rings is 1. The Morgan fingerprint density at radius 2 is 1.97 bits per heavy atom. The van der Waals surface area contributed by atoms with Crippen molar-refractivity contribution in [3.05, 3.63) is 60.1 Å². The fraction of sp³-hybridized carbons (Fsp3) is 0.217. The SMILES string of the molecule is Cn1ncc2cncc(N3C(=O)C4SC(c5ccccc5C#N)=CC4N(CCC#N)C3=O)c21. The fourth-order valence-electron chi connectivity index (χ4n) is 4.28. The minimum absolute atomic E-state index is 0.133. The highest BCUT2D eigenvalue weighted by Crippen LogP contribution is 2.46. The number of hydrogen-bond acceptors (Lipinski definition) is 7. The van der Waals surface area contributed by atoms with Crippen molar-refractivity contribution >= 4 is 45.2 Å². The van der Waals surface area contributed by atoms with Gasteiger partial charge in [0.2, 0.25) is 0 Å². The number of aryl methyl sites for hydroxylation is 1. The maximum atomic E-state index is 13.7. The summed E-state index contributed by atoms with van der Waals surface area (Å²) in [6.45, 7) is 0.180. The molecule has 0 N–H and O–H groups in total. The third-order valence-corrected chi connectivity index (χ3v) is 7.13. The minimum atomic E-state index is -0.605. The van der Waals surface area contributed by atoms with Crippen LogP contribution in [0.25, 0.3) is 15.8 Å². The molecule has 2 aliphatic heterocycles. The first kappa shape index (κ1) is 20.7. The molecule has 10 heteroatoms. The first-order valence-electron chi connectivity index (χ1n) is 10.2. The number of nitriles is 2. The van der Waals surface area contributed by atoms with Crippen LogP contribution in [0.1, 0.15) is 17.5 Å².